The SMILES string of the molecule is OCc1cc(C(F)(F)F)cnc1-c1ccccc1OC(F)(F)F. The maximum Gasteiger partial charge on any atom is 0.573 e. The molecule has 1 aromatic heterocycles. The molecule has 0 amide bonds. The number of para-hydroxylation sites is 1. The van der Waals surface area contributed by atoms with Crippen LogP contribution in [-0.4, -0.2) is 16.5 Å². The van der Waals surface area contributed by atoms with Crippen LogP contribution in [0, 0.1) is 0 Å². The van der Waals surface area contributed by atoms with E-state index in [9.17, 15) is 31.4 Å². The summed E-state index contributed by atoms with van der Waals surface area (Å²) in [7, 11) is 0. The van der Waals surface area contributed by atoms with Crippen molar-refractivity contribution in [1.29, 1.82) is 0 Å². The van der Waals surface area contributed by atoms with Gasteiger partial charge in [0, 0.05) is 17.3 Å². The lowest BCUT2D eigenvalue weighted by molar-refractivity contribution is -0.274. The van der Waals surface area contributed by atoms with E-state index in [1.807, 2.05) is 0 Å². The lowest BCUT2D eigenvalue weighted by Crippen LogP contribution is -2.17. The van der Waals surface area contributed by atoms with E-state index in [0.717, 1.165) is 6.07 Å². The Morgan fingerprint density at radius 1 is 1.04 bits per heavy atom. The molecule has 1 aromatic carbocycles. The predicted octanol–water partition coefficient (Wildman–Crippen LogP) is 4.16. The third-order valence-electron chi connectivity index (χ3n) is 2.83. The summed E-state index contributed by atoms with van der Waals surface area (Å²) in [6.07, 6.45) is -9.17. The summed E-state index contributed by atoms with van der Waals surface area (Å²) in [5.41, 5.74) is -1.78. The number of ether oxygens (including phenoxy) is 1. The molecule has 0 atom stereocenters. The monoisotopic (exact) mass is 337 g/mol. The van der Waals surface area contributed by atoms with Crippen LogP contribution in [0.2, 0.25) is 0 Å². The van der Waals surface area contributed by atoms with Crippen LogP contribution in [0.15, 0.2) is 36.5 Å². The van der Waals surface area contributed by atoms with Crippen LogP contribution in [0.3, 0.4) is 0 Å². The fraction of sp³-hybridized carbons (Fsp3) is 0.214. The van der Waals surface area contributed by atoms with E-state index in [4.69, 9.17) is 0 Å². The van der Waals surface area contributed by atoms with Crippen LogP contribution in [0.1, 0.15) is 11.1 Å². The molecule has 1 heterocycles. The Morgan fingerprint density at radius 3 is 2.26 bits per heavy atom. The fourth-order valence-electron chi connectivity index (χ4n) is 1.90. The van der Waals surface area contributed by atoms with E-state index in [1.54, 1.807) is 0 Å². The van der Waals surface area contributed by atoms with Gasteiger partial charge in [-0.3, -0.25) is 4.98 Å². The highest BCUT2D eigenvalue weighted by molar-refractivity contribution is 5.70. The summed E-state index contributed by atoms with van der Waals surface area (Å²) in [6, 6.07) is 5.48. The van der Waals surface area contributed by atoms with E-state index < -0.39 is 30.5 Å². The zero-order valence-corrected chi connectivity index (χ0v) is 11.2. The Morgan fingerprint density at radius 2 is 1.70 bits per heavy atom. The minimum atomic E-state index is -4.97. The van der Waals surface area contributed by atoms with Gasteiger partial charge in [0.1, 0.15) is 5.75 Å². The topological polar surface area (TPSA) is 42.4 Å². The number of hydrogen-bond donors (Lipinski definition) is 1. The molecule has 0 unspecified atom stereocenters. The van der Waals surface area contributed by atoms with Gasteiger partial charge in [-0.15, -0.1) is 13.2 Å². The molecule has 0 aliphatic rings. The lowest BCUT2D eigenvalue weighted by atomic mass is 10.0. The Kier molecular flexibility index (Phi) is 4.51. The van der Waals surface area contributed by atoms with Gasteiger partial charge >= 0.3 is 12.5 Å². The van der Waals surface area contributed by atoms with Crippen LogP contribution in [0.25, 0.3) is 11.3 Å². The first-order valence-corrected chi connectivity index (χ1v) is 6.14. The van der Waals surface area contributed by atoms with Gasteiger partial charge in [0.25, 0.3) is 0 Å². The van der Waals surface area contributed by atoms with Crippen LogP contribution in [0.5, 0.6) is 5.75 Å². The number of nitrogens with zero attached hydrogens (tertiary/aromatic N) is 1. The van der Waals surface area contributed by atoms with Gasteiger partial charge in [0.15, 0.2) is 0 Å². The number of alkyl halides is 6. The summed E-state index contributed by atoms with van der Waals surface area (Å²) in [5, 5.41) is 9.22. The molecule has 9 heteroatoms. The van der Waals surface area contributed by atoms with Crippen molar-refractivity contribution in [3.05, 3.63) is 47.7 Å². The largest absolute Gasteiger partial charge is 0.573 e. The Bertz CT molecular complexity index is 696. The van der Waals surface area contributed by atoms with Gasteiger partial charge in [-0.2, -0.15) is 13.2 Å². The van der Waals surface area contributed by atoms with Crippen LogP contribution < -0.4 is 4.74 Å². The first kappa shape index (κ1) is 17.1. The molecule has 2 rings (SSSR count). The molecule has 1 N–H and O–H groups in total. The second-order valence-corrected chi connectivity index (χ2v) is 4.43. The van der Waals surface area contributed by atoms with Crippen LogP contribution >= 0.6 is 0 Å². The maximum atomic E-state index is 12.6. The normalized spacial score (nSPS) is 12.3. The molecule has 0 aliphatic carbocycles. The number of rotatable bonds is 3. The van der Waals surface area contributed by atoms with E-state index in [1.165, 1.54) is 18.2 Å². The third-order valence-corrected chi connectivity index (χ3v) is 2.83. The molecular formula is C14H9F6NO2. The summed E-state index contributed by atoms with van der Waals surface area (Å²) in [4.78, 5) is 3.55. The molecule has 124 valence electrons. The highest BCUT2D eigenvalue weighted by Gasteiger charge is 2.34. The van der Waals surface area contributed by atoms with Crippen molar-refractivity contribution >= 4 is 0 Å². The highest BCUT2D eigenvalue weighted by atomic mass is 19.4. The quantitative estimate of drug-likeness (QED) is 0.856. The van der Waals surface area contributed by atoms with Crippen molar-refractivity contribution in [2.75, 3.05) is 0 Å². The van der Waals surface area contributed by atoms with Crippen molar-refractivity contribution in [1.82, 2.24) is 4.98 Å². The number of aliphatic hydroxyl groups excluding tert-OH is 1. The number of pyridine rings is 1. The van der Waals surface area contributed by atoms with E-state index in [2.05, 4.69) is 9.72 Å². The molecule has 0 saturated heterocycles. The average molecular weight is 337 g/mol. The molecule has 23 heavy (non-hydrogen) atoms. The number of aliphatic hydroxyl groups is 1. The minimum Gasteiger partial charge on any atom is -0.405 e. The van der Waals surface area contributed by atoms with Gasteiger partial charge in [0.05, 0.1) is 17.9 Å². The zero-order chi connectivity index (χ0) is 17.3. The van der Waals surface area contributed by atoms with Crippen molar-refractivity contribution in [3.8, 4) is 17.0 Å². The van der Waals surface area contributed by atoms with Crippen LogP contribution in [-0.2, 0) is 12.8 Å². The highest BCUT2D eigenvalue weighted by Crippen LogP contribution is 2.36. The van der Waals surface area contributed by atoms with Gasteiger partial charge < -0.3 is 9.84 Å². The lowest BCUT2D eigenvalue weighted by Gasteiger charge is -2.15. The van der Waals surface area contributed by atoms with Crippen molar-refractivity contribution < 1.29 is 36.2 Å². The van der Waals surface area contributed by atoms with E-state index in [-0.39, 0.29) is 16.8 Å². The predicted molar refractivity (Wildman–Crippen MR) is 67.3 cm³/mol. The molecule has 0 radical (unpaired) electrons. The van der Waals surface area contributed by atoms with Crippen molar-refractivity contribution in [3.63, 3.8) is 0 Å². The number of halogens is 6. The molecule has 0 aliphatic heterocycles. The standard InChI is InChI=1S/C14H9F6NO2/c15-13(16,17)9-5-8(7-22)12(21-6-9)10-3-1-2-4-11(10)23-14(18,19)20/h1-6,22H,7H2. The van der Waals surface area contributed by atoms with Crippen molar-refractivity contribution in [2.45, 2.75) is 19.1 Å². The molecule has 3 nitrogen and oxygen atoms in total. The number of hydrogen-bond acceptors (Lipinski definition) is 3. The minimum absolute atomic E-state index is 0.178. The Hall–Kier alpha value is -2.29. The maximum absolute atomic E-state index is 12.6. The summed E-state index contributed by atoms with van der Waals surface area (Å²) < 4.78 is 79.0. The third kappa shape index (κ3) is 4.13. The van der Waals surface area contributed by atoms with Crippen LogP contribution in [0.4, 0.5) is 26.3 Å². The molecular weight excluding hydrogens is 328 g/mol. The first-order valence-electron chi connectivity index (χ1n) is 6.14. The molecule has 0 bridgehead atoms. The second kappa shape index (κ2) is 6.07. The molecule has 0 saturated carbocycles. The van der Waals surface area contributed by atoms with Gasteiger partial charge in [-0.1, -0.05) is 12.1 Å². The fourth-order valence-corrected chi connectivity index (χ4v) is 1.90. The van der Waals surface area contributed by atoms with Gasteiger partial charge in [0.2, 0.25) is 0 Å². The average Bonchev–Trinajstić information content (AvgIpc) is 2.44. The number of aromatic nitrogens is 1. The van der Waals surface area contributed by atoms with E-state index in [0.29, 0.717) is 12.3 Å². The van der Waals surface area contributed by atoms with Crippen molar-refractivity contribution in [2.24, 2.45) is 0 Å². The first-order chi connectivity index (χ1) is 10.6. The van der Waals surface area contributed by atoms with E-state index >= 15 is 0 Å². The smallest absolute Gasteiger partial charge is 0.405 e. The molecule has 2 aromatic rings. The molecule has 0 fully saturated rings. The Labute approximate surface area is 126 Å². The Balaban J connectivity index is 2.55. The second-order valence-electron chi connectivity index (χ2n) is 4.43. The van der Waals surface area contributed by atoms with Gasteiger partial charge in [-0.05, 0) is 18.2 Å². The summed E-state index contributed by atoms with van der Waals surface area (Å²) in [5.74, 6) is -0.623. The summed E-state index contributed by atoms with van der Waals surface area (Å²) in [6.45, 7) is -0.827. The van der Waals surface area contributed by atoms with Gasteiger partial charge in [-0.25, -0.2) is 0 Å². The zero-order valence-electron chi connectivity index (χ0n) is 11.2. The number of benzene rings is 1. The summed E-state index contributed by atoms with van der Waals surface area (Å²) >= 11 is 0. The molecule has 0 spiro atoms.